The average Bonchev–Trinajstić information content (AvgIpc) is 3.15. The molecule has 0 unspecified atom stereocenters. The van der Waals surface area contributed by atoms with Crippen LogP contribution in [0.5, 0.6) is 0 Å². The van der Waals surface area contributed by atoms with Gasteiger partial charge in [-0.05, 0) is 18.2 Å². The Morgan fingerprint density at radius 2 is 2.22 bits per heavy atom. The van der Waals surface area contributed by atoms with Crippen molar-refractivity contribution in [2.24, 2.45) is 0 Å². The summed E-state index contributed by atoms with van der Waals surface area (Å²) in [6.45, 7) is 3.48. The van der Waals surface area contributed by atoms with Crippen LogP contribution < -0.4 is 10.6 Å². The second kappa shape index (κ2) is 7.36. The van der Waals surface area contributed by atoms with Crippen molar-refractivity contribution >= 4 is 11.9 Å². The van der Waals surface area contributed by atoms with E-state index >= 15 is 0 Å². The molecule has 142 valence electrons. The van der Waals surface area contributed by atoms with Gasteiger partial charge in [-0.3, -0.25) is 9.69 Å². The third-order valence-corrected chi connectivity index (χ3v) is 4.93. The normalized spacial score (nSPS) is 20.1. The number of amides is 3. The van der Waals surface area contributed by atoms with Gasteiger partial charge in [0.2, 0.25) is 5.91 Å². The van der Waals surface area contributed by atoms with E-state index in [9.17, 15) is 14.0 Å². The molecule has 2 aliphatic rings. The lowest BCUT2D eigenvalue weighted by Crippen LogP contribution is -2.65. The molecule has 0 spiro atoms. The van der Waals surface area contributed by atoms with E-state index in [1.807, 2.05) is 0 Å². The second-order valence-electron chi connectivity index (χ2n) is 6.72. The quantitative estimate of drug-likeness (QED) is 0.814. The lowest BCUT2D eigenvalue weighted by molar-refractivity contribution is -0.131. The fourth-order valence-corrected chi connectivity index (χ4v) is 3.46. The number of rotatable bonds is 3. The van der Waals surface area contributed by atoms with E-state index in [1.165, 1.54) is 12.1 Å². The third-order valence-electron chi connectivity index (χ3n) is 4.93. The van der Waals surface area contributed by atoms with Gasteiger partial charge in [0.05, 0.1) is 11.9 Å². The van der Waals surface area contributed by atoms with Crippen LogP contribution in [0.1, 0.15) is 5.56 Å². The molecular weight excluding hydrogens is 351 g/mol. The van der Waals surface area contributed by atoms with Crippen LogP contribution in [0.25, 0.3) is 5.69 Å². The molecule has 9 heteroatoms. The summed E-state index contributed by atoms with van der Waals surface area (Å²) in [5.41, 5.74) is 1.42. The predicted octanol–water partition coefficient (Wildman–Crippen LogP) is 0.337. The first kappa shape index (κ1) is 17.5. The second-order valence-corrected chi connectivity index (χ2v) is 6.72. The summed E-state index contributed by atoms with van der Waals surface area (Å²) in [6.07, 6.45) is 3.39. The van der Waals surface area contributed by atoms with E-state index < -0.39 is 0 Å². The van der Waals surface area contributed by atoms with Gasteiger partial charge in [-0.15, -0.1) is 0 Å². The first-order valence-electron chi connectivity index (χ1n) is 8.94. The number of fused-ring (bicyclic) bond motifs is 1. The van der Waals surface area contributed by atoms with Crippen LogP contribution in [0.3, 0.4) is 0 Å². The van der Waals surface area contributed by atoms with Gasteiger partial charge in [0.25, 0.3) is 0 Å². The molecule has 0 radical (unpaired) electrons. The molecule has 1 atom stereocenters. The van der Waals surface area contributed by atoms with Gasteiger partial charge < -0.3 is 15.5 Å². The van der Waals surface area contributed by atoms with Crippen LogP contribution in [-0.2, 0) is 11.3 Å². The molecule has 2 fully saturated rings. The minimum Gasteiger partial charge on any atom is -0.353 e. The van der Waals surface area contributed by atoms with E-state index in [4.69, 9.17) is 0 Å². The van der Waals surface area contributed by atoms with E-state index in [0.717, 1.165) is 12.1 Å². The van der Waals surface area contributed by atoms with Crippen LogP contribution in [-0.4, -0.2) is 70.3 Å². The van der Waals surface area contributed by atoms with Crippen molar-refractivity contribution < 1.29 is 14.0 Å². The molecule has 3 amide bonds. The van der Waals surface area contributed by atoms with Crippen molar-refractivity contribution in [3.8, 4) is 5.69 Å². The van der Waals surface area contributed by atoms with Crippen molar-refractivity contribution in [2.75, 3.05) is 32.7 Å². The molecule has 2 aromatic rings. The standard InChI is InChI=1S/C18H21FN6O2/c19-14-2-1-3-15(8-14)25-11-13(10-22-25)9-21-18(27)24-7-6-23-5-4-20-17(26)16(23)12-24/h1-3,8,10-11,16H,4-7,9,12H2,(H,20,26)(H,21,27)/t16-/m1/s1. The Morgan fingerprint density at radius 1 is 1.33 bits per heavy atom. The molecule has 8 nitrogen and oxygen atoms in total. The fraction of sp³-hybridized carbons (Fsp3) is 0.389. The minimum absolute atomic E-state index is 0.0184. The van der Waals surface area contributed by atoms with Crippen molar-refractivity contribution in [3.63, 3.8) is 0 Å². The number of nitrogens with zero attached hydrogens (tertiary/aromatic N) is 4. The van der Waals surface area contributed by atoms with Crippen LogP contribution in [0.4, 0.5) is 9.18 Å². The molecule has 1 aromatic heterocycles. The number of urea groups is 1. The minimum atomic E-state index is -0.330. The highest BCUT2D eigenvalue weighted by atomic mass is 19.1. The number of aromatic nitrogens is 2. The number of hydrogen-bond acceptors (Lipinski definition) is 4. The maximum atomic E-state index is 13.3. The smallest absolute Gasteiger partial charge is 0.317 e. The zero-order valence-electron chi connectivity index (χ0n) is 14.8. The van der Waals surface area contributed by atoms with Gasteiger partial charge in [0.1, 0.15) is 11.9 Å². The Morgan fingerprint density at radius 3 is 3.07 bits per heavy atom. The van der Waals surface area contributed by atoms with E-state index in [2.05, 4.69) is 20.6 Å². The summed E-state index contributed by atoms with van der Waals surface area (Å²) in [5, 5.41) is 9.92. The monoisotopic (exact) mass is 372 g/mol. The number of carbonyl (C=O) groups excluding carboxylic acids is 2. The van der Waals surface area contributed by atoms with Gasteiger partial charge in [-0.25, -0.2) is 13.9 Å². The first-order chi connectivity index (χ1) is 13.1. The van der Waals surface area contributed by atoms with E-state index in [0.29, 0.717) is 38.4 Å². The summed E-state index contributed by atoms with van der Waals surface area (Å²) < 4.78 is 14.9. The van der Waals surface area contributed by atoms with E-state index in [1.54, 1.807) is 34.1 Å². The molecule has 0 aliphatic carbocycles. The molecule has 27 heavy (non-hydrogen) atoms. The van der Waals surface area contributed by atoms with Crippen LogP contribution in [0.15, 0.2) is 36.7 Å². The Balaban J connectivity index is 1.34. The molecule has 0 saturated carbocycles. The highest BCUT2D eigenvalue weighted by Crippen LogP contribution is 2.13. The van der Waals surface area contributed by atoms with Gasteiger partial charge in [0.15, 0.2) is 0 Å². The molecule has 3 heterocycles. The zero-order valence-corrected chi connectivity index (χ0v) is 14.8. The summed E-state index contributed by atoms with van der Waals surface area (Å²) in [4.78, 5) is 28.2. The SMILES string of the molecule is O=C1NCCN2CCN(C(=O)NCc3cnn(-c4cccc(F)c4)c3)C[C@H]12. The molecule has 2 aliphatic heterocycles. The summed E-state index contributed by atoms with van der Waals surface area (Å²) in [7, 11) is 0. The summed E-state index contributed by atoms with van der Waals surface area (Å²) in [5.74, 6) is -0.348. The Bertz CT molecular complexity index is 854. The van der Waals surface area contributed by atoms with E-state index in [-0.39, 0.29) is 23.8 Å². The van der Waals surface area contributed by atoms with Gasteiger partial charge >= 0.3 is 6.03 Å². The lowest BCUT2D eigenvalue weighted by Gasteiger charge is -2.42. The fourth-order valence-electron chi connectivity index (χ4n) is 3.46. The van der Waals surface area contributed by atoms with Crippen LogP contribution in [0, 0.1) is 5.82 Å². The summed E-state index contributed by atoms with van der Waals surface area (Å²) in [6, 6.07) is 5.67. The molecule has 4 rings (SSSR count). The largest absolute Gasteiger partial charge is 0.353 e. The number of nitrogens with one attached hydrogen (secondary N) is 2. The van der Waals surface area contributed by atoms with Crippen molar-refractivity contribution in [2.45, 2.75) is 12.6 Å². The molecule has 2 N–H and O–H groups in total. The van der Waals surface area contributed by atoms with Crippen molar-refractivity contribution in [1.82, 2.24) is 30.2 Å². The zero-order chi connectivity index (χ0) is 18.8. The number of hydrogen-bond donors (Lipinski definition) is 2. The average molecular weight is 372 g/mol. The number of halogens is 1. The molecular formula is C18H21FN6O2. The van der Waals surface area contributed by atoms with Crippen LogP contribution in [0.2, 0.25) is 0 Å². The molecule has 1 aromatic carbocycles. The molecule has 2 saturated heterocycles. The van der Waals surface area contributed by atoms with Gasteiger partial charge in [0, 0.05) is 51.0 Å². The Labute approximate surface area is 155 Å². The molecule has 0 bridgehead atoms. The predicted molar refractivity (Wildman–Crippen MR) is 95.7 cm³/mol. The number of carbonyl (C=O) groups is 2. The number of benzene rings is 1. The Hall–Kier alpha value is -2.94. The van der Waals surface area contributed by atoms with Crippen molar-refractivity contribution in [1.29, 1.82) is 0 Å². The highest BCUT2D eigenvalue weighted by molar-refractivity contribution is 5.84. The first-order valence-corrected chi connectivity index (χ1v) is 8.94. The van der Waals surface area contributed by atoms with Crippen molar-refractivity contribution in [3.05, 3.63) is 48.0 Å². The lowest BCUT2D eigenvalue weighted by atomic mass is 10.1. The summed E-state index contributed by atoms with van der Waals surface area (Å²) >= 11 is 0. The number of piperazine rings is 2. The third kappa shape index (κ3) is 3.77. The Kier molecular flexibility index (Phi) is 4.76. The topological polar surface area (TPSA) is 82.5 Å². The van der Waals surface area contributed by atoms with Crippen LogP contribution >= 0.6 is 0 Å². The maximum absolute atomic E-state index is 13.3. The van der Waals surface area contributed by atoms with Gasteiger partial charge in [-0.2, -0.15) is 5.10 Å². The van der Waals surface area contributed by atoms with Gasteiger partial charge in [-0.1, -0.05) is 6.07 Å². The highest BCUT2D eigenvalue weighted by Gasteiger charge is 2.36. The maximum Gasteiger partial charge on any atom is 0.317 e.